The molecule has 1 aliphatic heterocycles. The molecule has 1 aliphatic rings. The first-order chi connectivity index (χ1) is 15.9. The van der Waals surface area contributed by atoms with Gasteiger partial charge in [-0.2, -0.15) is 14.9 Å². The molecule has 8 nitrogen and oxygen atoms in total. The number of carbonyl (C=O) groups is 1. The van der Waals surface area contributed by atoms with Gasteiger partial charge in [0.2, 0.25) is 5.91 Å². The smallest absolute Gasteiger partial charge is 0.272 e. The molecular weight excluding hydrogens is 430 g/mol. The minimum Gasteiger partial charge on any atom is -0.497 e. The van der Waals surface area contributed by atoms with E-state index in [4.69, 9.17) is 4.74 Å². The van der Waals surface area contributed by atoms with Gasteiger partial charge in [-0.1, -0.05) is 12.1 Å². The number of carbonyl (C=O) groups excluding carboxylic acids is 1. The summed E-state index contributed by atoms with van der Waals surface area (Å²) in [5.41, 5.74) is 2.49. The van der Waals surface area contributed by atoms with Crippen LogP contribution in [-0.4, -0.2) is 38.0 Å². The van der Waals surface area contributed by atoms with Gasteiger partial charge in [0, 0.05) is 23.5 Å². The first-order valence-corrected chi connectivity index (χ1v) is 10.1. The Bertz CT molecular complexity index is 1390. The molecule has 3 heterocycles. The summed E-state index contributed by atoms with van der Waals surface area (Å²) in [5.74, 6) is -1.13. The van der Waals surface area contributed by atoms with Crippen LogP contribution in [0.25, 0.3) is 17.2 Å². The molecule has 1 N–H and O–H groups in total. The van der Waals surface area contributed by atoms with Gasteiger partial charge >= 0.3 is 0 Å². The van der Waals surface area contributed by atoms with E-state index < -0.39 is 17.6 Å². The van der Waals surface area contributed by atoms with Gasteiger partial charge in [-0.25, -0.2) is 13.8 Å². The molecule has 5 rings (SSSR count). The lowest BCUT2D eigenvalue weighted by Gasteiger charge is -2.24. The maximum Gasteiger partial charge on any atom is 0.272 e. The van der Waals surface area contributed by atoms with Crippen molar-refractivity contribution in [3.05, 3.63) is 77.1 Å². The summed E-state index contributed by atoms with van der Waals surface area (Å²) in [6.07, 6.45) is 1.47. The van der Waals surface area contributed by atoms with Crippen LogP contribution in [0.4, 0.5) is 14.6 Å². The number of hydrogen-bond donors (Lipinski definition) is 1. The van der Waals surface area contributed by atoms with E-state index in [1.807, 2.05) is 24.3 Å². The zero-order valence-corrected chi connectivity index (χ0v) is 17.7. The van der Waals surface area contributed by atoms with Crippen molar-refractivity contribution in [1.82, 2.24) is 25.0 Å². The lowest BCUT2D eigenvalue weighted by atomic mass is 9.85. The number of aryl methyl sites for hydroxylation is 1. The van der Waals surface area contributed by atoms with E-state index in [1.165, 1.54) is 10.9 Å². The number of anilines is 1. The largest absolute Gasteiger partial charge is 0.497 e. The third-order valence-corrected chi connectivity index (χ3v) is 5.54. The Morgan fingerprint density at radius 2 is 2.03 bits per heavy atom. The van der Waals surface area contributed by atoms with Crippen molar-refractivity contribution in [2.24, 2.45) is 0 Å². The molecular formula is C23H18F2N6O2. The standard InChI is InChI=1S/C23H18F2N6O2/c1-12-21-17(16-9-14(24)6-7-18(16)25)10-20(32)28-22(21)31(30-12)23-27-19(11-26-29-23)13-4-3-5-15(8-13)33-2/h3-9,11,17H,10H2,1-2H3,(H,28,32). The highest BCUT2D eigenvalue weighted by atomic mass is 19.1. The van der Waals surface area contributed by atoms with Crippen molar-refractivity contribution in [2.45, 2.75) is 19.3 Å². The van der Waals surface area contributed by atoms with Gasteiger partial charge in [-0.15, -0.1) is 5.10 Å². The van der Waals surface area contributed by atoms with E-state index in [-0.39, 0.29) is 23.8 Å². The van der Waals surface area contributed by atoms with E-state index in [9.17, 15) is 13.6 Å². The molecule has 10 heteroatoms. The van der Waals surface area contributed by atoms with Crippen LogP contribution >= 0.6 is 0 Å². The summed E-state index contributed by atoms with van der Waals surface area (Å²) in [6, 6.07) is 10.5. The topological polar surface area (TPSA) is 94.8 Å². The Balaban J connectivity index is 1.62. The predicted octanol–water partition coefficient (Wildman–Crippen LogP) is 3.79. The summed E-state index contributed by atoms with van der Waals surface area (Å²) in [6.45, 7) is 1.73. The molecule has 0 saturated heterocycles. The third kappa shape index (κ3) is 3.69. The second-order valence-corrected chi connectivity index (χ2v) is 7.60. The number of aromatic nitrogens is 5. The van der Waals surface area contributed by atoms with Crippen LogP contribution in [0.1, 0.15) is 29.2 Å². The van der Waals surface area contributed by atoms with Crippen molar-refractivity contribution < 1.29 is 18.3 Å². The zero-order valence-electron chi connectivity index (χ0n) is 17.7. The van der Waals surface area contributed by atoms with E-state index >= 15 is 0 Å². The summed E-state index contributed by atoms with van der Waals surface area (Å²) in [4.78, 5) is 17.1. The van der Waals surface area contributed by atoms with Crippen LogP contribution in [0.3, 0.4) is 0 Å². The molecule has 0 fully saturated rings. The fourth-order valence-electron chi connectivity index (χ4n) is 4.04. The number of fused-ring (bicyclic) bond motifs is 1. The predicted molar refractivity (Wildman–Crippen MR) is 115 cm³/mol. The molecule has 0 aliphatic carbocycles. The van der Waals surface area contributed by atoms with E-state index in [2.05, 4.69) is 25.6 Å². The van der Waals surface area contributed by atoms with Gasteiger partial charge in [0.15, 0.2) is 0 Å². The van der Waals surface area contributed by atoms with Crippen molar-refractivity contribution in [3.8, 4) is 23.0 Å². The Kier molecular flexibility index (Phi) is 5.04. The number of rotatable bonds is 4. The van der Waals surface area contributed by atoms with Crippen molar-refractivity contribution in [1.29, 1.82) is 0 Å². The fourth-order valence-corrected chi connectivity index (χ4v) is 4.04. The van der Waals surface area contributed by atoms with Crippen LogP contribution in [0.2, 0.25) is 0 Å². The van der Waals surface area contributed by atoms with Crippen LogP contribution in [0.15, 0.2) is 48.7 Å². The Morgan fingerprint density at radius 1 is 1.18 bits per heavy atom. The van der Waals surface area contributed by atoms with Crippen molar-refractivity contribution in [3.63, 3.8) is 0 Å². The number of amides is 1. The molecule has 33 heavy (non-hydrogen) atoms. The molecule has 166 valence electrons. The van der Waals surface area contributed by atoms with E-state index in [0.717, 1.165) is 23.8 Å². The maximum atomic E-state index is 14.6. The van der Waals surface area contributed by atoms with E-state index in [1.54, 1.807) is 14.0 Å². The second kappa shape index (κ2) is 8.05. The molecule has 0 spiro atoms. The lowest BCUT2D eigenvalue weighted by Crippen LogP contribution is -2.25. The van der Waals surface area contributed by atoms with Crippen LogP contribution in [-0.2, 0) is 4.79 Å². The molecule has 0 radical (unpaired) electrons. The molecule has 1 amide bonds. The number of methoxy groups -OCH3 is 1. The van der Waals surface area contributed by atoms with Gasteiger partial charge in [0.1, 0.15) is 23.2 Å². The van der Waals surface area contributed by atoms with Gasteiger partial charge < -0.3 is 10.1 Å². The molecule has 4 aromatic rings. The van der Waals surface area contributed by atoms with Crippen LogP contribution in [0.5, 0.6) is 5.75 Å². The molecule has 1 unspecified atom stereocenters. The second-order valence-electron chi connectivity index (χ2n) is 7.60. The number of hydrogen-bond acceptors (Lipinski definition) is 6. The number of halogens is 2. The van der Waals surface area contributed by atoms with Crippen molar-refractivity contribution in [2.75, 3.05) is 12.4 Å². The quantitative estimate of drug-likeness (QED) is 0.510. The Labute approximate surface area is 187 Å². The summed E-state index contributed by atoms with van der Waals surface area (Å²) in [5, 5.41) is 15.4. The minimum absolute atomic E-state index is 0.0388. The highest BCUT2D eigenvalue weighted by Gasteiger charge is 2.34. The third-order valence-electron chi connectivity index (χ3n) is 5.54. The molecule has 2 aromatic heterocycles. The zero-order chi connectivity index (χ0) is 23.1. The molecule has 1 atom stereocenters. The highest BCUT2D eigenvalue weighted by molar-refractivity contribution is 5.95. The first kappa shape index (κ1) is 20.7. The van der Waals surface area contributed by atoms with Gasteiger partial charge in [0.05, 0.1) is 24.7 Å². The SMILES string of the molecule is COc1cccc(-c2cnnc(-n3nc(C)c4c3NC(=O)CC4c3cc(F)ccc3F)n2)c1. The number of ether oxygens (including phenoxy) is 1. The van der Waals surface area contributed by atoms with Crippen molar-refractivity contribution >= 4 is 11.7 Å². The molecule has 2 aromatic carbocycles. The highest BCUT2D eigenvalue weighted by Crippen LogP contribution is 2.41. The van der Waals surface area contributed by atoms with Gasteiger partial charge in [-0.3, -0.25) is 4.79 Å². The lowest BCUT2D eigenvalue weighted by molar-refractivity contribution is -0.116. The monoisotopic (exact) mass is 448 g/mol. The fraction of sp³-hybridized carbons (Fsp3) is 0.174. The number of benzene rings is 2. The summed E-state index contributed by atoms with van der Waals surface area (Å²) >= 11 is 0. The van der Waals surface area contributed by atoms with E-state index in [0.29, 0.717) is 28.5 Å². The summed E-state index contributed by atoms with van der Waals surface area (Å²) in [7, 11) is 1.57. The minimum atomic E-state index is -0.701. The normalized spacial score (nSPS) is 15.2. The molecule has 0 saturated carbocycles. The van der Waals surface area contributed by atoms with Gasteiger partial charge in [-0.05, 0) is 42.8 Å². The van der Waals surface area contributed by atoms with Crippen LogP contribution in [0, 0.1) is 18.6 Å². The summed E-state index contributed by atoms with van der Waals surface area (Å²) < 4.78 is 35.1. The Hall–Kier alpha value is -4.21. The maximum absolute atomic E-state index is 14.6. The van der Waals surface area contributed by atoms with Crippen LogP contribution < -0.4 is 10.1 Å². The number of nitrogens with one attached hydrogen (secondary N) is 1. The average molecular weight is 448 g/mol. The first-order valence-electron chi connectivity index (χ1n) is 10.1. The average Bonchev–Trinajstić information content (AvgIpc) is 3.16. The van der Waals surface area contributed by atoms with Gasteiger partial charge in [0.25, 0.3) is 5.95 Å². The molecule has 0 bridgehead atoms. The number of nitrogens with zero attached hydrogens (tertiary/aromatic N) is 5. The Morgan fingerprint density at radius 3 is 2.85 bits per heavy atom.